The predicted octanol–water partition coefficient (Wildman–Crippen LogP) is 8.60. The number of benzene rings is 5. The van der Waals surface area contributed by atoms with E-state index >= 15 is 0 Å². The van der Waals surface area contributed by atoms with Crippen molar-refractivity contribution >= 4 is 45.9 Å². The number of phenols is 3. The van der Waals surface area contributed by atoms with E-state index in [1.807, 2.05) is 79.5 Å². The van der Waals surface area contributed by atoms with Gasteiger partial charge in [-0.15, -0.1) is 10.2 Å². The lowest BCUT2D eigenvalue weighted by atomic mass is 9.90. The van der Waals surface area contributed by atoms with Gasteiger partial charge in [-0.05, 0) is 103 Å². The van der Waals surface area contributed by atoms with Gasteiger partial charge >= 0.3 is 6.18 Å². The number of nitrogens with zero attached hydrogens (tertiary/aromatic N) is 9. The monoisotopic (exact) mass is 1120 g/mol. The Labute approximate surface area is 474 Å². The number of likely N-dealkylation sites (tertiary alicyclic amines) is 1. The Morgan fingerprint density at radius 1 is 0.768 bits per heavy atom. The number of hydrogen-bond donors (Lipinski definition) is 6. The molecule has 7 aromatic rings. The van der Waals surface area contributed by atoms with Gasteiger partial charge in [0.2, 0.25) is 23.6 Å². The zero-order chi connectivity index (χ0) is 57.7. The van der Waals surface area contributed by atoms with Crippen molar-refractivity contribution < 1.29 is 42.9 Å². The molecular formula is C61H69F3N12O6. The van der Waals surface area contributed by atoms with Gasteiger partial charge in [-0.1, -0.05) is 81.4 Å². The van der Waals surface area contributed by atoms with Crippen LogP contribution in [0.4, 0.5) is 30.6 Å². The number of amides is 3. The number of nitrogens with one attached hydrogen (secondary N) is 3. The maximum absolute atomic E-state index is 13.2. The van der Waals surface area contributed by atoms with E-state index < -0.39 is 24.5 Å². The highest BCUT2D eigenvalue weighted by molar-refractivity contribution is 5.96. The zero-order valence-corrected chi connectivity index (χ0v) is 46.3. The number of fused-ring (bicyclic) bond motifs is 2. The van der Waals surface area contributed by atoms with Crippen molar-refractivity contribution in [3.05, 3.63) is 136 Å². The Balaban J connectivity index is 0.708. The van der Waals surface area contributed by atoms with Gasteiger partial charge in [-0.25, -0.2) is 4.98 Å². The molecule has 0 spiro atoms. The van der Waals surface area contributed by atoms with Crippen LogP contribution in [0.15, 0.2) is 97.1 Å². The first kappa shape index (κ1) is 56.8. The number of rotatable bonds is 18. The topological polar surface area (TPSA) is 217 Å². The first-order valence-electron chi connectivity index (χ1n) is 28.1. The van der Waals surface area contributed by atoms with Crippen molar-refractivity contribution in [1.82, 2.24) is 45.2 Å². The number of alkyl halides is 3. The molecule has 0 radical (unpaired) electrons. The molecule has 0 atom stereocenters. The number of halogens is 3. The molecule has 10 rings (SSSR count). The molecule has 18 nitrogen and oxygen atoms in total. The summed E-state index contributed by atoms with van der Waals surface area (Å²) >= 11 is 0. The molecule has 2 aromatic heterocycles. The summed E-state index contributed by atoms with van der Waals surface area (Å²) in [5.41, 5.74) is 7.18. The average molecular weight is 1120 g/mol. The molecule has 0 unspecified atom stereocenters. The summed E-state index contributed by atoms with van der Waals surface area (Å²) in [5.74, 6) is -0.108. The number of piperazine rings is 1. The fourth-order valence-electron chi connectivity index (χ4n) is 11.3. The second kappa shape index (κ2) is 24.7. The third kappa shape index (κ3) is 13.3. The van der Waals surface area contributed by atoms with Crippen LogP contribution < -0.4 is 25.8 Å². The summed E-state index contributed by atoms with van der Waals surface area (Å²) in [6.07, 6.45) is -0.492. The van der Waals surface area contributed by atoms with Crippen LogP contribution in [0.1, 0.15) is 96.5 Å². The summed E-state index contributed by atoms with van der Waals surface area (Å²) in [6.45, 7) is 11.2. The maximum atomic E-state index is 13.2. The number of phenolic OH excluding ortho intramolecular Hbond substituents is 3. The minimum Gasteiger partial charge on any atom is -0.508 e. The molecule has 0 saturated carbocycles. The maximum Gasteiger partial charge on any atom is 0.405 e. The van der Waals surface area contributed by atoms with Crippen molar-refractivity contribution in [3.63, 3.8) is 0 Å². The molecule has 82 heavy (non-hydrogen) atoms. The molecule has 3 aliphatic rings. The lowest BCUT2D eigenvalue weighted by Crippen LogP contribution is -2.49. The SMILES string of the molecule is CCC(=O)N1CCN(c2nc(NCCC(=O)NCc3ccc(CN4CCC(Cc5ccc(-n6c(C(=O)NCC(F)(F)F)nnc6-c6cc(C(C)C)c(O)cc6O)cc5)CC4)cc3)nc3c2CCN(c2cc(O)cc4ccccc24)C3)CC1. The molecule has 5 aromatic carbocycles. The standard InChI is InChI=1S/C61H69F3N12O6/c1-4-55(81)73-25-27-74(28-26-73)56-47-20-24-75(51-31-45(77)30-43-7-5-6-8-46(43)51)36-50(47)68-60(69-56)65-21-17-54(80)66-34-41-9-11-42(12-10-41)35-72-22-18-40(19-23-72)29-39-13-15-44(16-14-39)76-57(49-32-48(38(2)3)52(78)33-53(49)79)70-71-58(76)59(82)67-37-61(62,63)64/h5-16,30-33,38,40,77-79H,4,17-29,34-37H2,1-3H3,(H,66,80)(H,67,82)(H,65,68,69). The number of aromatic hydroxyl groups is 3. The number of carbonyl (C=O) groups is 3. The van der Waals surface area contributed by atoms with Crippen LogP contribution in [0, 0.1) is 5.92 Å². The van der Waals surface area contributed by atoms with Crippen molar-refractivity contribution in [1.29, 1.82) is 0 Å². The normalized spacial score (nSPS) is 15.2. The molecule has 2 fully saturated rings. The van der Waals surface area contributed by atoms with Crippen molar-refractivity contribution in [2.45, 2.75) is 91.0 Å². The highest BCUT2D eigenvalue weighted by atomic mass is 19.4. The highest BCUT2D eigenvalue weighted by Crippen LogP contribution is 2.40. The Morgan fingerprint density at radius 3 is 2.21 bits per heavy atom. The van der Waals surface area contributed by atoms with E-state index in [0.29, 0.717) is 81.8 Å². The largest absolute Gasteiger partial charge is 0.508 e. The Bertz CT molecular complexity index is 3430. The third-order valence-electron chi connectivity index (χ3n) is 15.7. The Hall–Kier alpha value is -8.46. The summed E-state index contributed by atoms with van der Waals surface area (Å²) < 4.78 is 40.6. The van der Waals surface area contributed by atoms with E-state index in [1.165, 1.54) is 22.3 Å². The number of carbonyl (C=O) groups excluding carboxylic acids is 3. The molecule has 0 bridgehead atoms. The van der Waals surface area contributed by atoms with Crippen LogP contribution in [0.2, 0.25) is 0 Å². The van der Waals surface area contributed by atoms with Crippen LogP contribution in [-0.2, 0) is 42.1 Å². The molecule has 6 N–H and O–H groups in total. The van der Waals surface area contributed by atoms with Crippen LogP contribution >= 0.6 is 0 Å². The van der Waals surface area contributed by atoms with Crippen LogP contribution in [0.25, 0.3) is 27.8 Å². The fraction of sp³-hybridized carbons (Fsp3) is 0.393. The Morgan fingerprint density at radius 2 is 1.49 bits per heavy atom. The number of aromatic nitrogens is 5. The van der Waals surface area contributed by atoms with E-state index in [9.17, 15) is 42.9 Å². The van der Waals surface area contributed by atoms with Gasteiger partial charge in [-0.3, -0.25) is 23.9 Å². The van der Waals surface area contributed by atoms with Crippen molar-refractivity contribution in [2.24, 2.45) is 5.92 Å². The summed E-state index contributed by atoms with van der Waals surface area (Å²) in [7, 11) is 0. The highest BCUT2D eigenvalue weighted by Gasteiger charge is 2.32. The van der Waals surface area contributed by atoms with Gasteiger partial charge in [0, 0.05) is 99.7 Å². The van der Waals surface area contributed by atoms with Crippen LogP contribution in [0.3, 0.4) is 0 Å². The van der Waals surface area contributed by atoms with Gasteiger partial charge in [0.25, 0.3) is 5.91 Å². The van der Waals surface area contributed by atoms with Gasteiger partial charge in [0.15, 0.2) is 5.82 Å². The molecule has 3 aliphatic heterocycles. The average Bonchev–Trinajstić information content (AvgIpc) is 3.71. The van der Waals surface area contributed by atoms with Crippen molar-refractivity contribution in [2.75, 3.05) is 74.0 Å². The molecule has 21 heteroatoms. The van der Waals surface area contributed by atoms with E-state index in [1.54, 1.807) is 18.2 Å². The first-order valence-corrected chi connectivity index (χ1v) is 28.1. The Kier molecular flexibility index (Phi) is 17.1. The lowest BCUT2D eigenvalue weighted by molar-refractivity contribution is -0.131. The lowest BCUT2D eigenvalue weighted by Gasteiger charge is -2.38. The smallest absolute Gasteiger partial charge is 0.405 e. The van der Waals surface area contributed by atoms with Crippen molar-refractivity contribution in [3.8, 4) is 34.3 Å². The third-order valence-corrected chi connectivity index (χ3v) is 15.7. The molecule has 0 aliphatic carbocycles. The molecule has 430 valence electrons. The van der Waals surface area contributed by atoms with Crippen LogP contribution in [0.5, 0.6) is 17.2 Å². The van der Waals surface area contributed by atoms with Gasteiger partial charge in [-0.2, -0.15) is 18.2 Å². The number of piperidine rings is 1. The number of hydrogen-bond acceptors (Lipinski definition) is 14. The van der Waals surface area contributed by atoms with E-state index in [0.717, 1.165) is 90.1 Å². The van der Waals surface area contributed by atoms with Crippen LogP contribution in [-0.4, -0.2) is 133 Å². The minimum atomic E-state index is -4.65. The molecular weight excluding hydrogens is 1050 g/mol. The van der Waals surface area contributed by atoms with E-state index in [2.05, 4.69) is 53.7 Å². The quantitative estimate of drug-likeness (QED) is 0.0475. The van der Waals surface area contributed by atoms with E-state index in [-0.39, 0.29) is 52.8 Å². The second-order valence-corrected chi connectivity index (χ2v) is 21.8. The predicted molar refractivity (Wildman–Crippen MR) is 307 cm³/mol. The first-order chi connectivity index (χ1) is 39.5. The fourth-order valence-corrected chi connectivity index (χ4v) is 11.3. The second-order valence-electron chi connectivity index (χ2n) is 21.8. The van der Waals surface area contributed by atoms with E-state index in [4.69, 9.17) is 9.97 Å². The number of anilines is 3. The summed E-state index contributed by atoms with van der Waals surface area (Å²) in [6, 6.07) is 30.0. The van der Waals surface area contributed by atoms with Gasteiger partial charge in [0.05, 0.1) is 17.8 Å². The summed E-state index contributed by atoms with van der Waals surface area (Å²) in [4.78, 5) is 57.7. The van der Waals surface area contributed by atoms with Gasteiger partial charge in [0.1, 0.15) is 29.6 Å². The molecule has 3 amide bonds. The molecule has 5 heterocycles. The minimum absolute atomic E-state index is 0.0239. The summed E-state index contributed by atoms with van der Waals surface area (Å²) in [5, 5.41) is 50.4. The zero-order valence-electron chi connectivity index (χ0n) is 46.3. The molecule has 2 saturated heterocycles. The van der Waals surface area contributed by atoms with Gasteiger partial charge < -0.3 is 46.0 Å².